The summed E-state index contributed by atoms with van der Waals surface area (Å²) in [5.74, 6) is 0.865. The van der Waals surface area contributed by atoms with Crippen LogP contribution in [0, 0.1) is 11.8 Å². The Morgan fingerprint density at radius 2 is 1.78 bits per heavy atom. The van der Waals surface area contributed by atoms with Crippen molar-refractivity contribution in [2.45, 2.75) is 71.6 Å². The molecule has 4 nitrogen and oxygen atoms in total. The quantitative estimate of drug-likeness (QED) is 0.446. The first-order chi connectivity index (χ1) is 10.7. The fraction of sp³-hybridized carbons (Fsp3) is 0.875. The lowest BCUT2D eigenvalue weighted by Crippen LogP contribution is -2.67. The molecule has 2 atom stereocenters. The van der Waals surface area contributed by atoms with E-state index in [0.717, 1.165) is 38.5 Å². The Kier molecular flexibility index (Phi) is 4.96. The molecule has 0 aromatic rings. The normalized spacial score (nSPS) is 38.4. The average molecular weight is 516 g/mol. The van der Waals surface area contributed by atoms with Gasteiger partial charge in [0, 0.05) is 18.4 Å². The van der Waals surface area contributed by atoms with Gasteiger partial charge < -0.3 is 10.1 Å². The molecular weight excluding hydrogens is 494 g/mol. The fourth-order valence-electron chi connectivity index (χ4n) is 5.25. The summed E-state index contributed by atoms with van der Waals surface area (Å²) in [7, 11) is 0. The highest BCUT2D eigenvalue weighted by atomic mass is 80.0. The van der Waals surface area contributed by atoms with Gasteiger partial charge in [-0.1, -0.05) is 6.92 Å². The maximum atomic E-state index is 12.4. The number of alkyl halides is 3. The molecule has 7 heteroatoms. The number of nitrogens with one attached hydrogen (secondary N) is 1. The van der Waals surface area contributed by atoms with Crippen LogP contribution < -0.4 is 5.32 Å². The van der Waals surface area contributed by atoms with E-state index in [2.05, 4.69) is 53.1 Å². The highest BCUT2D eigenvalue weighted by Crippen LogP contribution is 2.59. The van der Waals surface area contributed by atoms with Crippen molar-refractivity contribution in [3.63, 3.8) is 0 Å². The smallest absolute Gasteiger partial charge is 0.306 e. The topological polar surface area (TPSA) is 55.4 Å². The number of halogens is 3. The van der Waals surface area contributed by atoms with Crippen molar-refractivity contribution in [3.05, 3.63) is 0 Å². The van der Waals surface area contributed by atoms with Gasteiger partial charge in [-0.2, -0.15) is 0 Å². The van der Waals surface area contributed by atoms with Gasteiger partial charge in [0.05, 0.1) is 0 Å². The molecule has 0 aliphatic heterocycles. The maximum absolute atomic E-state index is 12.4. The van der Waals surface area contributed by atoms with Gasteiger partial charge in [0.25, 0.3) is 5.91 Å². The summed E-state index contributed by atoms with van der Waals surface area (Å²) < 4.78 is 5.02. The zero-order valence-corrected chi connectivity index (χ0v) is 17.9. The van der Waals surface area contributed by atoms with Gasteiger partial charge in [-0.25, -0.2) is 0 Å². The lowest BCUT2D eigenvalue weighted by atomic mass is 9.51. The molecule has 2 unspecified atom stereocenters. The van der Waals surface area contributed by atoms with Gasteiger partial charge in [-0.05, 0) is 98.2 Å². The first-order valence-corrected chi connectivity index (χ1v) is 10.6. The molecule has 1 N–H and O–H groups in total. The Balaban J connectivity index is 1.78. The highest BCUT2D eigenvalue weighted by Gasteiger charge is 2.60. The molecule has 0 saturated heterocycles. The van der Waals surface area contributed by atoms with E-state index < -0.39 is 2.14 Å². The van der Waals surface area contributed by atoms with Gasteiger partial charge in [-0.3, -0.25) is 9.59 Å². The summed E-state index contributed by atoms with van der Waals surface area (Å²) in [6.07, 6.45) is 7.13. The molecule has 1 amide bonds. The minimum Gasteiger partial charge on any atom is -0.459 e. The molecular formula is C16H22Br3NO3. The molecule has 0 heterocycles. The van der Waals surface area contributed by atoms with E-state index >= 15 is 0 Å². The summed E-state index contributed by atoms with van der Waals surface area (Å²) >= 11 is 9.88. The third kappa shape index (κ3) is 3.81. The van der Waals surface area contributed by atoms with Gasteiger partial charge in [0.2, 0.25) is 2.14 Å². The molecule has 23 heavy (non-hydrogen) atoms. The van der Waals surface area contributed by atoms with Crippen LogP contribution >= 0.6 is 47.8 Å². The van der Waals surface area contributed by atoms with Crippen molar-refractivity contribution in [2.24, 2.45) is 11.8 Å². The minimum atomic E-state index is -0.942. The van der Waals surface area contributed by atoms with Crippen molar-refractivity contribution < 1.29 is 14.3 Å². The summed E-state index contributed by atoms with van der Waals surface area (Å²) in [4.78, 5) is 24.5. The predicted molar refractivity (Wildman–Crippen MR) is 98.8 cm³/mol. The van der Waals surface area contributed by atoms with Gasteiger partial charge >= 0.3 is 5.97 Å². The molecule has 4 fully saturated rings. The Morgan fingerprint density at radius 1 is 1.17 bits per heavy atom. The van der Waals surface area contributed by atoms with Crippen LogP contribution in [0.1, 0.15) is 58.3 Å². The number of esters is 1. The fourth-order valence-corrected chi connectivity index (χ4v) is 5.55. The molecule has 4 saturated carbocycles. The summed E-state index contributed by atoms with van der Waals surface area (Å²) in [6.45, 7) is 1.99. The van der Waals surface area contributed by atoms with Gasteiger partial charge in [0.15, 0.2) is 0 Å². The minimum absolute atomic E-state index is 0.0910. The predicted octanol–water partition coefficient (Wildman–Crippen LogP) is 4.38. The molecule has 0 aromatic carbocycles. The Bertz CT molecular complexity index is 503. The van der Waals surface area contributed by atoms with Gasteiger partial charge in [-0.15, -0.1) is 0 Å². The standard InChI is InChI=1S/C16H22Br3NO3/c1-2-3-12(21)23-15-7-10-4-11(8-15)6-14(5-10,9-15)20-13(22)16(17,18)19/h10-11H,2-9H2,1H3,(H,20,22). The van der Waals surface area contributed by atoms with Crippen LogP contribution in [0.15, 0.2) is 0 Å². The lowest BCUT2D eigenvalue weighted by molar-refractivity contribution is -0.192. The van der Waals surface area contributed by atoms with Crippen LogP contribution in [-0.4, -0.2) is 25.2 Å². The number of carbonyl (C=O) groups is 2. The number of hydrogen-bond acceptors (Lipinski definition) is 3. The molecule has 4 aliphatic carbocycles. The van der Waals surface area contributed by atoms with E-state index in [1.807, 2.05) is 6.92 Å². The van der Waals surface area contributed by atoms with E-state index in [0.29, 0.717) is 18.3 Å². The van der Waals surface area contributed by atoms with E-state index in [1.54, 1.807) is 0 Å². The molecule has 130 valence electrons. The third-order valence-corrected chi connectivity index (χ3v) is 6.51. The Morgan fingerprint density at radius 3 is 2.30 bits per heavy atom. The van der Waals surface area contributed by atoms with E-state index in [-0.39, 0.29) is 23.0 Å². The number of rotatable bonds is 4. The second-order valence-electron chi connectivity index (χ2n) is 7.60. The number of carbonyl (C=O) groups excluding carboxylic acids is 2. The lowest BCUT2D eigenvalue weighted by Gasteiger charge is -2.61. The summed E-state index contributed by atoms with van der Waals surface area (Å²) in [5, 5.41) is 3.22. The van der Waals surface area contributed by atoms with E-state index in [1.165, 1.54) is 6.42 Å². The Hall–Kier alpha value is 0.380. The molecule has 0 aromatic heterocycles. The highest BCUT2D eigenvalue weighted by molar-refractivity contribution is 9.40. The SMILES string of the molecule is CCCC(=O)OC12CC3CC(CC(NC(=O)C(Br)(Br)Br)(C3)C1)C2. The molecule has 4 rings (SSSR count). The first-order valence-electron chi connectivity index (χ1n) is 8.26. The van der Waals surface area contributed by atoms with Crippen molar-refractivity contribution in [2.75, 3.05) is 0 Å². The summed E-state index contributed by atoms with van der Waals surface area (Å²) in [6, 6.07) is 0. The van der Waals surface area contributed by atoms with Crippen molar-refractivity contribution in [3.8, 4) is 0 Å². The number of amides is 1. The van der Waals surface area contributed by atoms with Crippen LogP contribution in [-0.2, 0) is 14.3 Å². The zero-order valence-electron chi connectivity index (χ0n) is 13.2. The van der Waals surface area contributed by atoms with Crippen molar-refractivity contribution in [1.82, 2.24) is 5.32 Å². The largest absolute Gasteiger partial charge is 0.459 e. The number of hydrogen-bond donors (Lipinski definition) is 1. The first kappa shape index (κ1) is 18.2. The van der Waals surface area contributed by atoms with Crippen molar-refractivity contribution in [1.29, 1.82) is 0 Å². The van der Waals surface area contributed by atoms with Crippen LogP contribution in [0.5, 0.6) is 0 Å². The Labute approximate surface area is 162 Å². The van der Waals surface area contributed by atoms with Crippen LogP contribution in [0.4, 0.5) is 0 Å². The maximum Gasteiger partial charge on any atom is 0.306 e. The number of ether oxygens (including phenoxy) is 1. The molecule has 0 spiro atoms. The van der Waals surface area contributed by atoms with Gasteiger partial charge in [0.1, 0.15) is 5.60 Å². The average Bonchev–Trinajstić information content (AvgIpc) is 2.34. The molecule has 4 aliphatic rings. The van der Waals surface area contributed by atoms with Crippen LogP contribution in [0.3, 0.4) is 0 Å². The second kappa shape index (κ2) is 6.27. The second-order valence-corrected chi connectivity index (χ2v) is 14.4. The third-order valence-electron chi connectivity index (χ3n) is 5.43. The van der Waals surface area contributed by atoms with Crippen LogP contribution in [0.25, 0.3) is 0 Å². The molecule has 0 radical (unpaired) electrons. The van der Waals surface area contributed by atoms with E-state index in [4.69, 9.17) is 4.74 Å². The molecule has 4 bridgehead atoms. The van der Waals surface area contributed by atoms with Crippen LogP contribution in [0.2, 0.25) is 0 Å². The zero-order chi connectivity index (χ0) is 16.9. The summed E-state index contributed by atoms with van der Waals surface area (Å²) in [5.41, 5.74) is -0.606. The van der Waals surface area contributed by atoms with Crippen molar-refractivity contribution >= 4 is 59.7 Å². The van der Waals surface area contributed by atoms with E-state index in [9.17, 15) is 9.59 Å². The monoisotopic (exact) mass is 513 g/mol.